The molecule has 0 fully saturated rings. The third-order valence-electron chi connectivity index (χ3n) is 2.33. The van der Waals surface area contributed by atoms with E-state index in [-0.39, 0.29) is 26.3 Å². The number of hydrogen-bond acceptors (Lipinski definition) is 5. The van der Waals surface area contributed by atoms with Gasteiger partial charge in [0.05, 0.1) is 26.0 Å². The predicted octanol–water partition coefficient (Wildman–Crippen LogP) is 1.19. The Kier molecular flexibility index (Phi) is 6.48. The average molecular weight is 267 g/mol. The van der Waals surface area contributed by atoms with Crippen LogP contribution in [0.5, 0.6) is 5.75 Å². The summed E-state index contributed by atoms with van der Waals surface area (Å²) in [5, 5.41) is 24.9. The van der Waals surface area contributed by atoms with Crippen LogP contribution < -0.4 is 4.74 Å². The number of carbonyl (C=O) groups is 1. The zero-order chi connectivity index (χ0) is 14.1. The summed E-state index contributed by atoms with van der Waals surface area (Å²) < 4.78 is 4.99. The summed E-state index contributed by atoms with van der Waals surface area (Å²) in [6.07, 6.45) is 0. The number of hydrogen-bond donors (Lipinski definition) is 2. The van der Waals surface area contributed by atoms with Crippen LogP contribution >= 0.6 is 0 Å². The molecule has 0 aliphatic heterocycles. The fourth-order valence-electron chi connectivity index (χ4n) is 1.36. The molecular formula is C12H17N3O4. The molecule has 0 unspecified atom stereocenters. The Morgan fingerprint density at radius 3 is 2.26 bits per heavy atom. The molecule has 7 heteroatoms. The lowest BCUT2D eigenvalue weighted by molar-refractivity contribution is 0.164. The number of methoxy groups -OCH3 is 1. The van der Waals surface area contributed by atoms with Crippen LogP contribution in [-0.2, 0) is 0 Å². The van der Waals surface area contributed by atoms with E-state index in [1.807, 2.05) is 0 Å². The number of rotatable bonds is 6. The molecule has 0 aromatic heterocycles. The van der Waals surface area contributed by atoms with E-state index >= 15 is 0 Å². The smallest absolute Gasteiger partial charge is 0.362 e. The van der Waals surface area contributed by atoms with Gasteiger partial charge >= 0.3 is 6.03 Å². The predicted molar refractivity (Wildman–Crippen MR) is 68.7 cm³/mol. The number of benzene rings is 1. The number of azo groups is 1. The van der Waals surface area contributed by atoms with Crippen LogP contribution in [0.4, 0.5) is 10.5 Å². The topological polar surface area (TPSA) is 94.7 Å². The van der Waals surface area contributed by atoms with E-state index in [0.717, 1.165) is 0 Å². The molecule has 0 saturated carbocycles. The first kappa shape index (κ1) is 15.1. The number of ether oxygens (including phenoxy) is 1. The van der Waals surface area contributed by atoms with Gasteiger partial charge in [0, 0.05) is 13.1 Å². The van der Waals surface area contributed by atoms with Gasteiger partial charge in [0.15, 0.2) is 0 Å². The van der Waals surface area contributed by atoms with Crippen molar-refractivity contribution in [2.75, 3.05) is 33.4 Å². The van der Waals surface area contributed by atoms with Gasteiger partial charge < -0.3 is 19.8 Å². The highest BCUT2D eigenvalue weighted by Crippen LogP contribution is 2.18. The van der Waals surface area contributed by atoms with Gasteiger partial charge in [0.2, 0.25) is 0 Å². The van der Waals surface area contributed by atoms with Crippen molar-refractivity contribution >= 4 is 11.7 Å². The molecule has 0 aliphatic carbocycles. The largest absolute Gasteiger partial charge is 0.497 e. The van der Waals surface area contributed by atoms with Crippen LogP contribution in [0.3, 0.4) is 0 Å². The second-order valence-corrected chi connectivity index (χ2v) is 3.61. The van der Waals surface area contributed by atoms with Crippen molar-refractivity contribution < 1.29 is 19.7 Å². The van der Waals surface area contributed by atoms with Gasteiger partial charge in [0.1, 0.15) is 5.75 Å². The fourth-order valence-corrected chi connectivity index (χ4v) is 1.36. The first-order valence-corrected chi connectivity index (χ1v) is 5.77. The van der Waals surface area contributed by atoms with E-state index in [1.54, 1.807) is 31.4 Å². The normalized spacial score (nSPS) is 10.7. The lowest BCUT2D eigenvalue weighted by atomic mass is 10.3. The van der Waals surface area contributed by atoms with Crippen molar-refractivity contribution in [1.82, 2.24) is 4.90 Å². The number of urea groups is 1. The summed E-state index contributed by atoms with van der Waals surface area (Å²) in [5.41, 5.74) is 0.516. The summed E-state index contributed by atoms with van der Waals surface area (Å²) in [4.78, 5) is 12.9. The third-order valence-corrected chi connectivity index (χ3v) is 2.33. The lowest BCUT2D eigenvalue weighted by Crippen LogP contribution is -2.33. The molecule has 19 heavy (non-hydrogen) atoms. The molecule has 0 heterocycles. The lowest BCUT2D eigenvalue weighted by Gasteiger charge is -2.16. The Hall–Kier alpha value is -1.99. The van der Waals surface area contributed by atoms with E-state index in [9.17, 15) is 4.79 Å². The Morgan fingerprint density at radius 2 is 1.79 bits per heavy atom. The van der Waals surface area contributed by atoms with Crippen LogP contribution in [0, 0.1) is 0 Å². The number of amides is 2. The molecule has 0 atom stereocenters. The van der Waals surface area contributed by atoms with Crippen molar-refractivity contribution in [3.63, 3.8) is 0 Å². The molecule has 0 spiro atoms. The summed E-state index contributed by atoms with van der Waals surface area (Å²) >= 11 is 0. The Bertz CT molecular complexity index is 413. The maximum atomic E-state index is 11.6. The van der Waals surface area contributed by atoms with E-state index in [1.165, 1.54) is 4.90 Å². The van der Waals surface area contributed by atoms with Gasteiger partial charge in [-0.15, -0.1) is 5.11 Å². The molecule has 1 aromatic carbocycles. The number of carbonyl (C=O) groups excluding carboxylic acids is 1. The first-order chi connectivity index (χ1) is 9.21. The van der Waals surface area contributed by atoms with Crippen molar-refractivity contribution in [1.29, 1.82) is 0 Å². The van der Waals surface area contributed by atoms with Crippen LogP contribution in [-0.4, -0.2) is 54.6 Å². The molecule has 2 amide bonds. The fraction of sp³-hybridized carbons (Fsp3) is 0.417. The Labute approximate surface area is 111 Å². The first-order valence-electron chi connectivity index (χ1n) is 5.77. The van der Waals surface area contributed by atoms with Gasteiger partial charge in [-0.05, 0) is 24.3 Å². The molecule has 0 bridgehead atoms. The Morgan fingerprint density at radius 1 is 1.21 bits per heavy atom. The highest BCUT2D eigenvalue weighted by molar-refractivity contribution is 5.74. The Balaban J connectivity index is 2.64. The van der Waals surface area contributed by atoms with Gasteiger partial charge in [-0.2, -0.15) is 0 Å². The van der Waals surface area contributed by atoms with Crippen LogP contribution in [0.25, 0.3) is 0 Å². The van der Waals surface area contributed by atoms with Crippen molar-refractivity contribution in [3.8, 4) is 5.75 Å². The molecule has 0 radical (unpaired) electrons. The quantitative estimate of drug-likeness (QED) is 0.757. The summed E-state index contributed by atoms with van der Waals surface area (Å²) in [6.45, 7) is -0.157. The zero-order valence-corrected chi connectivity index (χ0v) is 10.7. The summed E-state index contributed by atoms with van der Waals surface area (Å²) in [5.74, 6) is 0.687. The van der Waals surface area contributed by atoms with Crippen LogP contribution in [0.2, 0.25) is 0 Å². The van der Waals surface area contributed by atoms with Gasteiger partial charge in [-0.25, -0.2) is 4.79 Å². The highest BCUT2D eigenvalue weighted by atomic mass is 16.5. The van der Waals surface area contributed by atoms with E-state index in [0.29, 0.717) is 11.4 Å². The van der Waals surface area contributed by atoms with Crippen LogP contribution in [0.1, 0.15) is 0 Å². The monoisotopic (exact) mass is 267 g/mol. The molecule has 0 aliphatic rings. The third kappa shape index (κ3) is 5.02. The van der Waals surface area contributed by atoms with E-state index in [2.05, 4.69) is 10.2 Å². The molecular weight excluding hydrogens is 250 g/mol. The molecule has 104 valence electrons. The second kappa shape index (κ2) is 8.17. The SMILES string of the molecule is COc1ccc(N=NC(=O)N(CCO)CCO)cc1. The van der Waals surface area contributed by atoms with Crippen molar-refractivity contribution in [3.05, 3.63) is 24.3 Å². The average Bonchev–Trinajstić information content (AvgIpc) is 2.45. The van der Waals surface area contributed by atoms with E-state index < -0.39 is 6.03 Å². The van der Waals surface area contributed by atoms with Gasteiger partial charge in [-0.3, -0.25) is 0 Å². The van der Waals surface area contributed by atoms with Crippen molar-refractivity contribution in [2.24, 2.45) is 10.2 Å². The minimum atomic E-state index is -0.598. The van der Waals surface area contributed by atoms with Crippen LogP contribution in [0.15, 0.2) is 34.5 Å². The molecule has 0 saturated heterocycles. The number of aliphatic hydroxyl groups excluding tert-OH is 2. The van der Waals surface area contributed by atoms with E-state index in [4.69, 9.17) is 14.9 Å². The van der Waals surface area contributed by atoms with Gasteiger partial charge in [0.25, 0.3) is 0 Å². The second-order valence-electron chi connectivity index (χ2n) is 3.61. The minimum absolute atomic E-state index is 0.112. The molecule has 7 nitrogen and oxygen atoms in total. The standard InChI is InChI=1S/C12H17N3O4/c1-19-11-4-2-10(3-5-11)13-14-12(18)15(6-8-16)7-9-17/h2-5,16-17H,6-9H2,1H3. The van der Waals surface area contributed by atoms with Crippen molar-refractivity contribution in [2.45, 2.75) is 0 Å². The number of aliphatic hydroxyl groups is 2. The minimum Gasteiger partial charge on any atom is -0.497 e. The summed E-state index contributed by atoms with van der Waals surface area (Å²) in [6, 6.07) is 6.14. The van der Waals surface area contributed by atoms with Gasteiger partial charge in [-0.1, -0.05) is 5.11 Å². The highest BCUT2D eigenvalue weighted by Gasteiger charge is 2.11. The zero-order valence-electron chi connectivity index (χ0n) is 10.7. The maximum Gasteiger partial charge on any atom is 0.362 e. The molecule has 1 aromatic rings. The molecule has 1 rings (SSSR count). The summed E-state index contributed by atoms with van der Waals surface area (Å²) in [7, 11) is 1.56. The number of nitrogens with zero attached hydrogens (tertiary/aromatic N) is 3. The maximum absolute atomic E-state index is 11.6. The molecule has 2 N–H and O–H groups in total.